The third-order valence-electron chi connectivity index (χ3n) is 11.0. The van der Waals surface area contributed by atoms with Gasteiger partial charge in [0.15, 0.2) is 11.6 Å². The van der Waals surface area contributed by atoms with Crippen molar-refractivity contribution in [3.05, 3.63) is 82.5 Å². The number of aliphatic hydroxyl groups is 6. The van der Waals surface area contributed by atoms with Crippen LogP contribution in [0, 0.1) is 11.6 Å². The van der Waals surface area contributed by atoms with Crippen LogP contribution in [0.25, 0.3) is 11.3 Å². The molecule has 1 fully saturated rings. The van der Waals surface area contributed by atoms with Gasteiger partial charge >= 0.3 is 12.4 Å². The fourth-order valence-electron chi connectivity index (χ4n) is 7.35. The Hall–Kier alpha value is -5.08. The number of rotatable bonds is 18. The predicted molar refractivity (Wildman–Crippen MR) is 207 cm³/mol. The molecule has 24 heteroatoms. The quantitative estimate of drug-likeness (QED) is 0.0554. The van der Waals surface area contributed by atoms with Gasteiger partial charge in [0.1, 0.15) is 48.3 Å². The lowest BCUT2D eigenvalue weighted by Crippen LogP contribution is -2.62. The molecule has 0 saturated heterocycles. The van der Waals surface area contributed by atoms with Gasteiger partial charge in [0.25, 0.3) is 11.8 Å². The van der Waals surface area contributed by atoms with Crippen molar-refractivity contribution in [3.8, 4) is 17.0 Å². The number of anilines is 1. The number of carbonyl (C=O) groups excluding carboxylic acids is 2. The molecule has 3 aromatic rings. The molecule has 352 valence electrons. The SMILES string of the molecule is CN(CCOCCOc1ccc(CN2C(=O)C(C(=O)Nc3ccc(C(F)(F)F)cc3-c3cc(C(F)(F)F)ncn3)=C(O)C3(CCCC3)N2C)c(F)c1F)C[C@H](O)[C@@H](O)[C@H](O)[C@H](O)CO. The van der Waals surface area contributed by atoms with Crippen molar-refractivity contribution in [2.45, 2.75) is 74.5 Å². The molecule has 2 aliphatic rings. The minimum absolute atomic E-state index is 0.0550. The molecule has 16 nitrogen and oxygen atoms in total. The number of amides is 2. The van der Waals surface area contributed by atoms with E-state index in [1.807, 2.05) is 0 Å². The smallest absolute Gasteiger partial charge is 0.433 e. The molecule has 4 atom stereocenters. The van der Waals surface area contributed by atoms with E-state index in [1.54, 1.807) is 7.05 Å². The van der Waals surface area contributed by atoms with E-state index in [0.29, 0.717) is 37.4 Å². The van der Waals surface area contributed by atoms with Crippen LogP contribution in [0.15, 0.2) is 54.1 Å². The first-order chi connectivity index (χ1) is 30.0. The molecule has 64 heavy (non-hydrogen) atoms. The lowest BCUT2D eigenvalue weighted by molar-refractivity contribution is -0.163. The number of nitrogens with one attached hydrogen (secondary N) is 1. The molecule has 0 unspecified atom stereocenters. The summed E-state index contributed by atoms with van der Waals surface area (Å²) in [6.07, 6.45) is -14.9. The Kier molecular flexibility index (Phi) is 15.9. The number of alkyl halides is 6. The van der Waals surface area contributed by atoms with Crippen molar-refractivity contribution in [2.75, 3.05) is 58.9 Å². The second-order valence-corrected chi connectivity index (χ2v) is 15.2. The Labute approximate surface area is 359 Å². The van der Waals surface area contributed by atoms with Gasteiger partial charge in [-0.2, -0.15) is 30.7 Å². The van der Waals surface area contributed by atoms with Gasteiger partial charge in [-0.25, -0.2) is 19.4 Å². The minimum Gasteiger partial charge on any atom is -0.509 e. The average molecular weight is 923 g/mol. The fraction of sp³-hybridized carbons (Fsp3) is 0.500. The zero-order valence-corrected chi connectivity index (χ0v) is 34.2. The first-order valence-corrected chi connectivity index (χ1v) is 19.6. The molecule has 5 rings (SSSR count). The number of hydrazine groups is 1. The van der Waals surface area contributed by atoms with Crippen LogP contribution in [0.3, 0.4) is 0 Å². The van der Waals surface area contributed by atoms with Gasteiger partial charge in [-0.05, 0) is 50.2 Å². The van der Waals surface area contributed by atoms with Crippen LogP contribution in [0.2, 0.25) is 0 Å². The van der Waals surface area contributed by atoms with Gasteiger partial charge in [-0.15, -0.1) is 0 Å². The highest BCUT2D eigenvalue weighted by molar-refractivity contribution is 6.24. The summed E-state index contributed by atoms with van der Waals surface area (Å²) in [6.45, 7) is -1.78. The van der Waals surface area contributed by atoms with Gasteiger partial charge in [0.2, 0.25) is 5.82 Å². The Bertz CT molecular complexity index is 2170. The van der Waals surface area contributed by atoms with Crippen LogP contribution >= 0.6 is 0 Å². The zero-order valence-electron chi connectivity index (χ0n) is 34.2. The maximum atomic E-state index is 15.6. The zero-order chi connectivity index (χ0) is 47.3. The number of likely N-dealkylation sites (N-methyl/N-ethyl adjacent to an activating group) is 2. The maximum Gasteiger partial charge on any atom is 0.433 e. The van der Waals surface area contributed by atoms with E-state index in [-0.39, 0.29) is 45.8 Å². The number of ether oxygens (including phenoxy) is 2. The second kappa shape index (κ2) is 20.4. The standard InChI is InChI=1S/C40H46F8N6O10/c1-52(18-26(56)33(58)34(59)27(57)19-55)11-12-63-13-14-64-28-8-5-21(31(41)32(28)42)17-54-37(62)30(35(60)38(53(54)2)9-3-4-10-38)36(61)51-24-7-6-22(39(43,44)45)15-23(24)25-16-29(40(46,47)48)50-20-49-25/h5-8,15-16,20,26-27,33-34,55-60H,3-4,9-14,17-19H2,1-2H3,(H,51,61)/t26-,27+,33+,34+/m0/s1. The number of benzene rings is 2. The van der Waals surface area contributed by atoms with Crippen LogP contribution in [-0.4, -0.2) is 151 Å². The number of nitrogens with zero attached hydrogens (tertiary/aromatic N) is 5. The highest BCUT2D eigenvalue weighted by Gasteiger charge is 2.53. The number of halogens is 8. The van der Waals surface area contributed by atoms with Gasteiger partial charge in [0.05, 0.1) is 55.0 Å². The molecule has 2 heterocycles. The number of aliphatic hydroxyl groups excluding tert-OH is 6. The van der Waals surface area contributed by atoms with Crippen molar-refractivity contribution in [2.24, 2.45) is 0 Å². The Morgan fingerprint density at radius 1 is 0.922 bits per heavy atom. The highest BCUT2D eigenvalue weighted by Crippen LogP contribution is 2.45. The summed E-state index contributed by atoms with van der Waals surface area (Å²) in [6, 6.07) is 4.28. The number of hydrogen-bond acceptors (Lipinski definition) is 14. The first-order valence-electron chi connectivity index (χ1n) is 19.6. The minimum atomic E-state index is -5.02. The van der Waals surface area contributed by atoms with Crippen LogP contribution in [-0.2, 0) is 33.2 Å². The van der Waals surface area contributed by atoms with E-state index in [2.05, 4.69) is 15.3 Å². The second-order valence-electron chi connectivity index (χ2n) is 15.2. The van der Waals surface area contributed by atoms with E-state index < -0.39 is 130 Å². The van der Waals surface area contributed by atoms with Gasteiger partial charge in [-0.1, -0.05) is 18.9 Å². The molecule has 1 aromatic heterocycles. The van der Waals surface area contributed by atoms with E-state index >= 15 is 8.78 Å². The van der Waals surface area contributed by atoms with Crippen LogP contribution in [0.1, 0.15) is 42.5 Å². The third-order valence-corrected chi connectivity index (χ3v) is 11.0. The van der Waals surface area contributed by atoms with Crippen molar-refractivity contribution in [1.29, 1.82) is 0 Å². The molecule has 0 radical (unpaired) electrons. The lowest BCUT2D eigenvalue weighted by Gasteiger charge is -2.48. The average Bonchev–Trinajstić information content (AvgIpc) is 3.75. The van der Waals surface area contributed by atoms with E-state index in [4.69, 9.17) is 14.6 Å². The number of aromatic nitrogens is 2. The highest BCUT2D eigenvalue weighted by atomic mass is 19.4. The molecule has 1 aliphatic carbocycles. The normalized spacial score (nSPS) is 17.9. The summed E-state index contributed by atoms with van der Waals surface area (Å²) >= 11 is 0. The van der Waals surface area contributed by atoms with Crippen LogP contribution < -0.4 is 10.1 Å². The van der Waals surface area contributed by atoms with Crippen molar-refractivity contribution in [3.63, 3.8) is 0 Å². The molecule has 0 bridgehead atoms. The third kappa shape index (κ3) is 11.0. The summed E-state index contributed by atoms with van der Waals surface area (Å²) in [5.41, 5.74) is -7.34. The molecule has 2 aromatic carbocycles. The number of carbonyl (C=O) groups is 2. The van der Waals surface area contributed by atoms with E-state index in [1.165, 1.54) is 17.0 Å². The van der Waals surface area contributed by atoms with E-state index in [9.17, 15) is 61.5 Å². The molecular formula is C40H46F8N6O10. The molecule has 1 saturated carbocycles. The summed E-state index contributed by atoms with van der Waals surface area (Å²) in [7, 11) is 2.95. The number of hydrogen-bond donors (Lipinski definition) is 7. The Balaban J connectivity index is 1.29. The van der Waals surface area contributed by atoms with Gasteiger partial charge in [-0.3, -0.25) is 14.6 Å². The molecule has 7 N–H and O–H groups in total. The monoisotopic (exact) mass is 922 g/mol. The molecule has 2 amide bonds. The van der Waals surface area contributed by atoms with Crippen molar-refractivity contribution in [1.82, 2.24) is 24.9 Å². The topological polar surface area (TPSA) is 222 Å². The Morgan fingerprint density at radius 2 is 1.59 bits per heavy atom. The molecule has 1 spiro atoms. The lowest BCUT2D eigenvalue weighted by atomic mass is 9.88. The fourth-order valence-corrected chi connectivity index (χ4v) is 7.35. The predicted octanol–water partition coefficient (Wildman–Crippen LogP) is 3.18. The van der Waals surface area contributed by atoms with Gasteiger partial charge in [0, 0.05) is 31.3 Å². The summed E-state index contributed by atoms with van der Waals surface area (Å²) < 4.78 is 124. The summed E-state index contributed by atoms with van der Waals surface area (Å²) in [5, 5.41) is 64.2. The van der Waals surface area contributed by atoms with Crippen molar-refractivity contribution < 1.29 is 84.8 Å². The van der Waals surface area contributed by atoms with E-state index in [0.717, 1.165) is 23.2 Å². The first kappa shape index (κ1) is 49.9. The molecular weight excluding hydrogens is 876 g/mol. The van der Waals surface area contributed by atoms with Gasteiger partial charge < -0.3 is 50.3 Å². The summed E-state index contributed by atoms with van der Waals surface area (Å²) in [5.74, 6) is -6.70. The molecule has 1 aliphatic heterocycles. The van der Waals surface area contributed by atoms with Crippen LogP contribution in [0.4, 0.5) is 40.8 Å². The Morgan fingerprint density at radius 3 is 2.23 bits per heavy atom. The van der Waals surface area contributed by atoms with Crippen LogP contribution in [0.5, 0.6) is 5.75 Å². The summed E-state index contributed by atoms with van der Waals surface area (Å²) in [4.78, 5) is 36.4. The van der Waals surface area contributed by atoms with Crippen molar-refractivity contribution >= 4 is 17.5 Å². The maximum absolute atomic E-state index is 15.6. The largest absolute Gasteiger partial charge is 0.509 e.